The number of carbonyl (C=O) groups excluding carboxylic acids is 1. The molecule has 2 aromatic carbocycles. The van der Waals surface area contributed by atoms with E-state index >= 15 is 0 Å². The summed E-state index contributed by atoms with van der Waals surface area (Å²) >= 11 is 0. The Morgan fingerprint density at radius 1 is 1.03 bits per heavy atom. The van der Waals surface area contributed by atoms with Crippen LogP contribution in [0, 0.1) is 6.92 Å². The number of rotatable bonds is 3. The fraction of sp³-hybridized carbons (Fsp3) is 0.261. The Labute approximate surface area is 172 Å². The van der Waals surface area contributed by atoms with Crippen LogP contribution in [0.3, 0.4) is 0 Å². The number of aryl methyl sites for hydroxylation is 1. The van der Waals surface area contributed by atoms with Gasteiger partial charge in [0.25, 0.3) is 0 Å². The second kappa shape index (κ2) is 7.02. The minimum Gasteiger partial charge on any atom is -0.449 e. The van der Waals surface area contributed by atoms with E-state index in [1.54, 1.807) is 36.4 Å². The molecule has 2 aromatic heterocycles. The number of carbonyl (C=O) groups is 1. The van der Waals surface area contributed by atoms with Gasteiger partial charge in [-0.1, -0.05) is 29.8 Å². The maximum atomic E-state index is 13.4. The first kappa shape index (κ1) is 19.7. The fourth-order valence-corrected chi connectivity index (χ4v) is 3.52. The number of hydrogen-bond donors (Lipinski definition) is 1. The Hall–Kier alpha value is -3.61. The van der Waals surface area contributed by atoms with Crippen LogP contribution in [0.25, 0.3) is 27.8 Å². The Bertz CT molecular complexity index is 1380. The molecule has 0 aliphatic carbocycles. The summed E-state index contributed by atoms with van der Waals surface area (Å²) in [7, 11) is 0. The number of hydrogen-bond acceptors (Lipinski definition) is 4. The van der Waals surface area contributed by atoms with Gasteiger partial charge in [-0.2, -0.15) is 0 Å². The summed E-state index contributed by atoms with van der Waals surface area (Å²) < 4.78 is 8.18. The third-order valence-electron chi connectivity index (χ3n) is 4.77. The number of furan rings is 1. The van der Waals surface area contributed by atoms with Gasteiger partial charge in [0.05, 0.1) is 5.69 Å². The monoisotopic (exact) mass is 405 g/mol. The van der Waals surface area contributed by atoms with Gasteiger partial charge in [-0.05, 0) is 52.0 Å². The number of fused-ring (bicyclic) bond motifs is 3. The van der Waals surface area contributed by atoms with Crippen molar-refractivity contribution in [1.82, 2.24) is 14.5 Å². The lowest BCUT2D eigenvalue weighted by molar-refractivity contribution is -0.123. The normalized spacial score (nSPS) is 11.9. The molecule has 0 radical (unpaired) electrons. The molecule has 0 fully saturated rings. The van der Waals surface area contributed by atoms with Crippen molar-refractivity contribution >= 4 is 28.0 Å². The van der Waals surface area contributed by atoms with Crippen LogP contribution in [-0.2, 0) is 11.3 Å². The van der Waals surface area contributed by atoms with Crippen molar-refractivity contribution < 1.29 is 9.21 Å². The Morgan fingerprint density at radius 2 is 1.70 bits per heavy atom. The van der Waals surface area contributed by atoms with E-state index in [0.29, 0.717) is 22.2 Å². The van der Waals surface area contributed by atoms with Crippen molar-refractivity contribution in [2.24, 2.45) is 0 Å². The highest BCUT2D eigenvalue weighted by molar-refractivity contribution is 6.02. The highest BCUT2D eigenvalue weighted by Crippen LogP contribution is 2.25. The fourth-order valence-electron chi connectivity index (χ4n) is 3.52. The third kappa shape index (κ3) is 3.43. The highest BCUT2D eigenvalue weighted by atomic mass is 16.3. The number of aromatic nitrogens is 2. The van der Waals surface area contributed by atoms with Gasteiger partial charge >= 0.3 is 11.2 Å². The molecule has 0 unspecified atom stereocenters. The molecule has 7 heteroatoms. The summed E-state index contributed by atoms with van der Waals surface area (Å²) in [5.41, 5.74) is 0.673. The van der Waals surface area contributed by atoms with Crippen LogP contribution in [0.15, 0.2) is 62.5 Å². The van der Waals surface area contributed by atoms with Crippen molar-refractivity contribution in [3.8, 4) is 5.69 Å². The number of amides is 1. The first-order valence-corrected chi connectivity index (χ1v) is 9.71. The first-order valence-electron chi connectivity index (χ1n) is 9.71. The van der Waals surface area contributed by atoms with Gasteiger partial charge in [0, 0.05) is 10.9 Å². The van der Waals surface area contributed by atoms with Crippen molar-refractivity contribution in [2.45, 2.75) is 39.8 Å². The molecule has 0 spiro atoms. The zero-order valence-corrected chi connectivity index (χ0v) is 17.4. The quantitative estimate of drug-likeness (QED) is 0.567. The number of para-hydroxylation sites is 1. The topological polar surface area (TPSA) is 86.2 Å². The van der Waals surface area contributed by atoms with Crippen molar-refractivity contribution in [2.75, 3.05) is 0 Å². The van der Waals surface area contributed by atoms with Crippen LogP contribution in [0.5, 0.6) is 0 Å². The molecule has 0 saturated carbocycles. The SMILES string of the molecule is Cc1ccc(-n2c(=O)c3oc4ccccc4c3n(CC(=O)NC(C)(C)C)c2=O)cc1. The van der Waals surface area contributed by atoms with E-state index in [1.807, 2.05) is 39.8 Å². The largest absolute Gasteiger partial charge is 0.449 e. The van der Waals surface area contributed by atoms with Crippen molar-refractivity contribution in [3.05, 3.63) is 74.9 Å². The van der Waals surface area contributed by atoms with Crippen LogP contribution >= 0.6 is 0 Å². The standard InChI is InChI=1S/C23H23N3O4/c1-14-9-11-15(12-10-14)26-21(28)20-19(16-7-5-6-8-17(16)30-20)25(22(26)29)13-18(27)24-23(2,3)4/h5-12H,13H2,1-4H3,(H,24,27). The molecule has 1 amide bonds. The van der Waals surface area contributed by atoms with Gasteiger partial charge in [0.1, 0.15) is 17.6 Å². The van der Waals surface area contributed by atoms with E-state index < -0.39 is 16.8 Å². The average Bonchev–Trinajstić information content (AvgIpc) is 3.05. The molecule has 4 aromatic rings. The Morgan fingerprint density at radius 3 is 2.37 bits per heavy atom. The molecule has 30 heavy (non-hydrogen) atoms. The van der Waals surface area contributed by atoms with Gasteiger partial charge in [-0.25, -0.2) is 9.36 Å². The van der Waals surface area contributed by atoms with Gasteiger partial charge in [-0.15, -0.1) is 0 Å². The molecule has 2 heterocycles. The molecule has 0 aliphatic heterocycles. The highest BCUT2D eigenvalue weighted by Gasteiger charge is 2.23. The zero-order chi connectivity index (χ0) is 21.6. The van der Waals surface area contributed by atoms with Crippen molar-refractivity contribution in [1.29, 1.82) is 0 Å². The predicted molar refractivity (Wildman–Crippen MR) is 116 cm³/mol. The molecule has 7 nitrogen and oxygen atoms in total. The Kier molecular flexibility index (Phi) is 4.61. The summed E-state index contributed by atoms with van der Waals surface area (Å²) in [4.78, 5) is 39.3. The second-order valence-electron chi connectivity index (χ2n) is 8.42. The first-order chi connectivity index (χ1) is 14.2. The van der Waals surface area contributed by atoms with E-state index in [0.717, 1.165) is 10.1 Å². The lowest BCUT2D eigenvalue weighted by atomic mass is 10.1. The molecular weight excluding hydrogens is 382 g/mol. The van der Waals surface area contributed by atoms with E-state index in [4.69, 9.17) is 4.42 Å². The molecular formula is C23H23N3O4. The summed E-state index contributed by atoms with van der Waals surface area (Å²) in [6, 6.07) is 14.1. The smallest absolute Gasteiger partial charge is 0.336 e. The Balaban J connectivity index is 2.04. The molecule has 0 bridgehead atoms. The van der Waals surface area contributed by atoms with E-state index in [2.05, 4.69) is 5.32 Å². The van der Waals surface area contributed by atoms with Crippen LogP contribution in [0.2, 0.25) is 0 Å². The average molecular weight is 405 g/mol. The van der Waals surface area contributed by atoms with Gasteiger partial charge in [0.15, 0.2) is 0 Å². The van der Waals surface area contributed by atoms with Gasteiger partial charge in [0.2, 0.25) is 11.5 Å². The predicted octanol–water partition coefficient (Wildman–Crippen LogP) is 3.12. The molecule has 1 N–H and O–H groups in total. The lowest BCUT2D eigenvalue weighted by Crippen LogP contribution is -2.45. The minimum absolute atomic E-state index is 0.0416. The molecule has 0 atom stereocenters. The summed E-state index contributed by atoms with van der Waals surface area (Å²) in [5.74, 6) is -0.328. The van der Waals surface area contributed by atoms with Gasteiger partial charge < -0.3 is 9.73 Å². The van der Waals surface area contributed by atoms with Crippen LogP contribution in [-0.4, -0.2) is 20.6 Å². The van der Waals surface area contributed by atoms with E-state index in [9.17, 15) is 14.4 Å². The van der Waals surface area contributed by atoms with Crippen LogP contribution < -0.4 is 16.6 Å². The van der Waals surface area contributed by atoms with Crippen LogP contribution in [0.1, 0.15) is 26.3 Å². The summed E-state index contributed by atoms with van der Waals surface area (Å²) in [5, 5.41) is 3.48. The molecule has 0 aliphatic rings. The molecule has 0 saturated heterocycles. The molecule has 154 valence electrons. The van der Waals surface area contributed by atoms with E-state index in [-0.39, 0.29) is 18.0 Å². The van der Waals surface area contributed by atoms with E-state index in [1.165, 1.54) is 4.57 Å². The lowest BCUT2D eigenvalue weighted by Gasteiger charge is -2.21. The second-order valence-corrected chi connectivity index (χ2v) is 8.42. The number of benzene rings is 2. The maximum Gasteiger partial charge on any atom is 0.336 e. The van der Waals surface area contributed by atoms with Crippen molar-refractivity contribution in [3.63, 3.8) is 0 Å². The summed E-state index contributed by atoms with van der Waals surface area (Å²) in [6.07, 6.45) is 0. The van der Waals surface area contributed by atoms with Gasteiger partial charge in [-0.3, -0.25) is 14.2 Å². The summed E-state index contributed by atoms with van der Waals surface area (Å²) in [6.45, 7) is 7.28. The maximum absolute atomic E-state index is 13.4. The number of nitrogens with one attached hydrogen (secondary N) is 1. The zero-order valence-electron chi connectivity index (χ0n) is 17.4. The number of nitrogens with zero attached hydrogens (tertiary/aromatic N) is 2. The third-order valence-corrected chi connectivity index (χ3v) is 4.77. The minimum atomic E-state index is -0.591. The van der Waals surface area contributed by atoms with Crippen LogP contribution in [0.4, 0.5) is 0 Å². The molecule has 4 rings (SSSR count).